The van der Waals surface area contributed by atoms with Crippen molar-refractivity contribution in [3.8, 4) is 0 Å². The van der Waals surface area contributed by atoms with Crippen LogP contribution in [0.4, 0.5) is 5.69 Å². The molecule has 4 rings (SSSR count). The van der Waals surface area contributed by atoms with Crippen molar-refractivity contribution < 1.29 is 18.0 Å². The van der Waals surface area contributed by atoms with Crippen molar-refractivity contribution >= 4 is 27.5 Å². The van der Waals surface area contributed by atoms with Gasteiger partial charge >= 0.3 is 0 Å². The fourth-order valence-electron chi connectivity index (χ4n) is 3.01. The van der Waals surface area contributed by atoms with E-state index in [1.165, 1.54) is 30.5 Å². The molecule has 142 valence electrons. The summed E-state index contributed by atoms with van der Waals surface area (Å²) in [5, 5.41) is 5.33. The summed E-state index contributed by atoms with van der Waals surface area (Å²) in [6, 6.07) is 9.20. The Morgan fingerprint density at radius 1 is 1.25 bits per heavy atom. The van der Waals surface area contributed by atoms with E-state index in [1.807, 2.05) is 6.07 Å². The van der Waals surface area contributed by atoms with E-state index >= 15 is 0 Å². The van der Waals surface area contributed by atoms with Gasteiger partial charge in [0, 0.05) is 30.7 Å². The molecular formula is C19H16N4O4S. The molecule has 0 unspecified atom stereocenters. The van der Waals surface area contributed by atoms with E-state index in [0.717, 1.165) is 9.54 Å². The monoisotopic (exact) mass is 396 g/mol. The lowest BCUT2D eigenvalue weighted by molar-refractivity contribution is 0.0949. The van der Waals surface area contributed by atoms with E-state index in [0.29, 0.717) is 5.56 Å². The number of hydrogen-bond donors (Lipinski definition) is 2. The maximum atomic E-state index is 12.9. The molecule has 0 aliphatic carbocycles. The zero-order chi connectivity index (χ0) is 19.9. The van der Waals surface area contributed by atoms with E-state index in [2.05, 4.69) is 15.6 Å². The van der Waals surface area contributed by atoms with Gasteiger partial charge in [-0.15, -0.1) is 0 Å². The Morgan fingerprint density at radius 3 is 2.82 bits per heavy atom. The summed E-state index contributed by atoms with van der Waals surface area (Å²) in [6.07, 6.45) is 4.67. The molecule has 2 N–H and O–H groups in total. The second kappa shape index (κ2) is 6.61. The molecule has 1 aliphatic rings. The van der Waals surface area contributed by atoms with Crippen molar-refractivity contribution in [2.24, 2.45) is 0 Å². The Kier molecular flexibility index (Phi) is 4.23. The first-order chi connectivity index (χ1) is 13.4. The number of nitrogens with zero attached hydrogens (tertiary/aromatic N) is 2. The summed E-state index contributed by atoms with van der Waals surface area (Å²) >= 11 is 0. The average Bonchev–Trinajstić information content (AvgIpc) is 3.06. The Balaban J connectivity index is 1.66. The van der Waals surface area contributed by atoms with Crippen LogP contribution in [0, 0.1) is 6.92 Å². The molecule has 2 aromatic heterocycles. The van der Waals surface area contributed by atoms with Crippen molar-refractivity contribution in [2.45, 2.75) is 18.4 Å². The van der Waals surface area contributed by atoms with Crippen molar-refractivity contribution in [3.63, 3.8) is 0 Å². The maximum Gasteiger partial charge on any atom is 0.273 e. The van der Waals surface area contributed by atoms with Crippen LogP contribution in [-0.4, -0.2) is 29.2 Å². The Labute approximate surface area is 161 Å². The number of rotatable bonds is 3. The molecule has 1 aromatic carbocycles. The number of aromatic nitrogens is 2. The smallest absolute Gasteiger partial charge is 0.273 e. The fourth-order valence-corrected chi connectivity index (χ4v) is 4.55. The number of nitrogens with one attached hydrogen (secondary N) is 2. The van der Waals surface area contributed by atoms with E-state index in [9.17, 15) is 18.0 Å². The molecule has 1 aliphatic heterocycles. The van der Waals surface area contributed by atoms with Gasteiger partial charge in [0.05, 0.1) is 5.69 Å². The minimum Gasteiger partial charge on any atom is -0.348 e. The third kappa shape index (κ3) is 3.05. The van der Waals surface area contributed by atoms with Crippen LogP contribution in [0.2, 0.25) is 0 Å². The van der Waals surface area contributed by atoms with Gasteiger partial charge in [0.15, 0.2) is 0 Å². The zero-order valence-corrected chi connectivity index (χ0v) is 15.7. The highest BCUT2D eigenvalue weighted by Crippen LogP contribution is 2.30. The predicted octanol–water partition coefficient (Wildman–Crippen LogP) is 1.92. The maximum absolute atomic E-state index is 12.9. The molecule has 0 saturated carbocycles. The first kappa shape index (κ1) is 17.9. The largest absolute Gasteiger partial charge is 0.348 e. The molecule has 0 saturated heterocycles. The highest BCUT2D eigenvalue weighted by atomic mass is 32.2. The molecule has 28 heavy (non-hydrogen) atoms. The quantitative estimate of drug-likeness (QED) is 0.703. The number of hydrogen-bond acceptors (Lipinski definition) is 5. The Bertz CT molecular complexity index is 1200. The predicted molar refractivity (Wildman–Crippen MR) is 102 cm³/mol. The number of aryl methyl sites for hydroxylation is 1. The number of fused-ring (bicyclic) bond motifs is 2. The van der Waals surface area contributed by atoms with Crippen LogP contribution in [0.5, 0.6) is 0 Å². The molecule has 0 radical (unpaired) electrons. The summed E-state index contributed by atoms with van der Waals surface area (Å²) in [6.45, 7) is 1.99. The SMILES string of the molecule is Cc1cc2n(c1)S(=O)(=O)c1ccc(C(=O)NCc3cccnc3)cc1NC2=O. The summed E-state index contributed by atoms with van der Waals surface area (Å²) in [4.78, 5) is 28.8. The number of carbonyl (C=O) groups excluding carboxylic acids is 2. The molecule has 0 bridgehead atoms. The van der Waals surface area contributed by atoms with Gasteiger partial charge in [-0.3, -0.25) is 14.6 Å². The van der Waals surface area contributed by atoms with Crippen LogP contribution in [0.1, 0.15) is 32.0 Å². The second-order valence-corrected chi connectivity index (χ2v) is 8.20. The Morgan fingerprint density at radius 2 is 2.07 bits per heavy atom. The lowest BCUT2D eigenvalue weighted by Gasteiger charge is -2.10. The average molecular weight is 396 g/mol. The topological polar surface area (TPSA) is 110 Å². The van der Waals surface area contributed by atoms with Gasteiger partial charge in [-0.05, 0) is 48.4 Å². The molecule has 8 nitrogen and oxygen atoms in total. The lowest BCUT2D eigenvalue weighted by atomic mass is 10.1. The van der Waals surface area contributed by atoms with Crippen LogP contribution < -0.4 is 10.6 Å². The minimum absolute atomic E-state index is 0.0243. The van der Waals surface area contributed by atoms with Gasteiger partial charge in [-0.1, -0.05) is 6.07 Å². The van der Waals surface area contributed by atoms with Crippen LogP contribution in [0.3, 0.4) is 0 Å². The van der Waals surface area contributed by atoms with Gasteiger partial charge in [-0.2, -0.15) is 0 Å². The lowest BCUT2D eigenvalue weighted by Crippen LogP contribution is -2.23. The highest BCUT2D eigenvalue weighted by Gasteiger charge is 2.31. The van der Waals surface area contributed by atoms with Gasteiger partial charge in [0.1, 0.15) is 10.6 Å². The normalized spacial score (nSPS) is 14.4. The molecule has 0 atom stereocenters. The molecule has 3 heterocycles. The summed E-state index contributed by atoms with van der Waals surface area (Å²) in [5.74, 6) is -0.943. The molecule has 0 spiro atoms. The number of carbonyl (C=O) groups is 2. The van der Waals surface area contributed by atoms with Crippen LogP contribution >= 0.6 is 0 Å². The van der Waals surface area contributed by atoms with Crippen LogP contribution in [0.25, 0.3) is 0 Å². The summed E-state index contributed by atoms with van der Waals surface area (Å²) in [5.41, 5.74) is 1.82. The highest BCUT2D eigenvalue weighted by molar-refractivity contribution is 7.90. The molecular weight excluding hydrogens is 380 g/mol. The Hall–Kier alpha value is -3.46. The summed E-state index contributed by atoms with van der Waals surface area (Å²) in [7, 11) is -3.95. The van der Waals surface area contributed by atoms with E-state index < -0.39 is 21.8 Å². The van der Waals surface area contributed by atoms with Crippen molar-refractivity contribution in [1.82, 2.24) is 14.3 Å². The number of benzene rings is 1. The van der Waals surface area contributed by atoms with E-state index in [-0.39, 0.29) is 28.4 Å². The van der Waals surface area contributed by atoms with Crippen molar-refractivity contribution in [3.05, 3.63) is 77.4 Å². The first-order valence-electron chi connectivity index (χ1n) is 8.43. The third-order valence-electron chi connectivity index (χ3n) is 4.36. The zero-order valence-electron chi connectivity index (χ0n) is 14.8. The van der Waals surface area contributed by atoms with E-state index in [4.69, 9.17) is 0 Å². The van der Waals surface area contributed by atoms with E-state index in [1.54, 1.807) is 25.4 Å². The second-order valence-electron chi connectivity index (χ2n) is 6.41. The number of pyridine rings is 1. The first-order valence-corrected chi connectivity index (χ1v) is 9.87. The van der Waals surface area contributed by atoms with Gasteiger partial charge in [-0.25, -0.2) is 12.4 Å². The van der Waals surface area contributed by atoms with Gasteiger partial charge < -0.3 is 10.6 Å². The molecule has 0 fully saturated rings. The standard InChI is InChI=1S/C19H16N4O4S/c1-12-7-16-19(25)22-15-8-14(4-5-17(15)28(26,27)23(16)11-12)18(24)21-10-13-3-2-6-20-9-13/h2-9,11H,10H2,1H3,(H,21,24)(H,22,25). The van der Waals surface area contributed by atoms with Crippen molar-refractivity contribution in [2.75, 3.05) is 5.32 Å². The van der Waals surface area contributed by atoms with Crippen LogP contribution in [-0.2, 0) is 16.6 Å². The molecule has 9 heteroatoms. The van der Waals surface area contributed by atoms with Crippen molar-refractivity contribution in [1.29, 1.82) is 0 Å². The fraction of sp³-hybridized carbons (Fsp3) is 0.105. The molecule has 3 aromatic rings. The third-order valence-corrected chi connectivity index (χ3v) is 6.09. The molecule has 2 amide bonds. The minimum atomic E-state index is -3.95. The van der Waals surface area contributed by atoms with Gasteiger partial charge in [0.25, 0.3) is 21.8 Å². The number of anilines is 1. The van der Waals surface area contributed by atoms with Gasteiger partial charge in [0.2, 0.25) is 0 Å². The number of amides is 2. The summed E-state index contributed by atoms with van der Waals surface area (Å²) < 4.78 is 26.8. The van der Waals surface area contributed by atoms with Crippen LogP contribution in [0.15, 0.2) is 59.9 Å².